The van der Waals surface area contributed by atoms with Crippen molar-refractivity contribution in [2.24, 2.45) is 0 Å². The summed E-state index contributed by atoms with van der Waals surface area (Å²) in [4.78, 5) is 17.8. The third-order valence-electron chi connectivity index (χ3n) is 2.89. The lowest BCUT2D eigenvalue weighted by Gasteiger charge is -2.24. The fourth-order valence-corrected chi connectivity index (χ4v) is 1.93. The van der Waals surface area contributed by atoms with Crippen LogP contribution in [-0.4, -0.2) is 30.1 Å². The maximum atomic E-state index is 11.6. The van der Waals surface area contributed by atoms with Gasteiger partial charge in [0, 0.05) is 24.1 Å². The van der Waals surface area contributed by atoms with E-state index < -0.39 is 0 Å². The number of aryl methyl sites for hydroxylation is 1. The maximum absolute atomic E-state index is 11.6. The predicted molar refractivity (Wildman–Crippen MR) is 66.0 cm³/mol. The van der Waals surface area contributed by atoms with Crippen LogP contribution in [0, 0.1) is 6.92 Å². The van der Waals surface area contributed by atoms with Crippen LogP contribution in [0.15, 0.2) is 18.5 Å². The van der Waals surface area contributed by atoms with Gasteiger partial charge in [0.1, 0.15) is 6.54 Å². The Morgan fingerprint density at radius 2 is 2.35 bits per heavy atom. The second-order valence-electron chi connectivity index (χ2n) is 4.33. The number of hydrogen-bond acceptors (Lipinski definition) is 4. The Balaban J connectivity index is 2.12. The van der Waals surface area contributed by atoms with Gasteiger partial charge in [-0.25, -0.2) is 0 Å². The molecule has 0 bridgehead atoms. The van der Waals surface area contributed by atoms with Crippen LogP contribution >= 0.6 is 0 Å². The molecular formula is C13H18N2O2. The number of pyridine rings is 1. The van der Waals surface area contributed by atoms with Crippen LogP contribution in [0.3, 0.4) is 0 Å². The lowest BCUT2D eigenvalue weighted by molar-refractivity contribution is -0.141. The van der Waals surface area contributed by atoms with E-state index in [0.717, 1.165) is 24.1 Å². The molecule has 1 heterocycles. The second kappa shape index (κ2) is 5.17. The van der Waals surface area contributed by atoms with E-state index in [-0.39, 0.29) is 5.97 Å². The molecule has 0 spiro atoms. The molecule has 1 aliphatic rings. The fourth-order valence-electron chi connectivity index (χ4n) is 1.93. The van der Waals surface area contributed by atoms with Crippen molar-refractivity contribution in [3.8, 4) is 0 Å². The smallest absolute Gasteiger partial charge is 0.325 e. The number of aromatic nitrogens is 1. The molecule has 0 saturated heterocycles. The van der Waals surface area contributed by atoms with Gasteiger partial charge in [0.05, 0.1) is 6.61 Å². The zero-order valence-corrected chi connectivity index (χ0v) is 10.3. The van der Waals surface area contributed by atoms with Crippen molar-refractivity contribution in [2.45, 2.75) is 32.7 Å². The van der Waals surface area contributed by atoms with Crippen LogP contribution in [0.4, 0.5) is 5.69 Å². The third kappa shape index (κ3) is 2.96. The highest BCUT2D eigenvalue weighted by Gasteiger charge is 2.31. The Hall–Kier alpha value is -1.58. The Morgan fingerprint density at radius 1 is 1.59 bits per heavy atom. The van der Waals surface area contributed by atoms with Gasteiger partial charge in [-0.05, 0) is 38.3 Å². The van der Waals surface area contributed by atoms with Crippen LogP contribution in [0.5, 0.6) is 0 Å². The summed E-state index contributed by atoms with van der Waals surface area (Å²) in [7, 11) is 0. The molecule has 4 heteroatoms. The van der Waals surface area contributed by atoms with Gasteiger partial charge in [0.2, 0.25) is 0 Å². The summed E-state index contributed by atoms with van der Waals surface area (Å²) in [6, 6.07) is 2.45. The molecule has 0 N–H and O–H groups in total. The van der Waals surface area contributed by atoms with E-state index in [1.54, 1.807) is 6.20 Å². The number of esters is 1. The Kier molecular flexibility index (Phi) is 3.61. The van der Waals surface area contributed by atoms with Gasteiger partial charge in [-0.1, -0.05) is 0 Å². The van der Waals surface area contributed by atoms with Crippen molar-refractivity contribution in [2.75, 3.05) is 18.1 Å². The van der Waals surface area contributed by atoms with E-state index in [0.29, 0.717) is 19.2 Å². The van der Waals surface area contributed by atoms with E-state index in [1.165, 1.54) is 0 Å². The second-order valence-corrected chi connectivity index (χ2v) is 4.33. The number of ether oxygens (including phenoxy) is 1. The first kappa shape index (κ1) is 11.9. The summed E-state index contributed by atoms with van der Waals surface area (Å²) in [5.41, 5.74) is 2.19. The Labute approximate surface area is 102 Å². The van der Waals surface area contributed by atoms with Crippen molar-refractivity contribution in [1.29, 1.82) is 0 Å². The van der Waals surface area contributed by atoms with E-state index >= 15 is 0 Å². The van der Waals surface area contributed by atoms with E-state index in [1.807, 2.05) is 26.1 Å². The fraction of sp³-hybridized carbons (Fsp3) is 0.538. The normalized spacial score (nSPS) is 14.5. The van der Waals surface area contributed by atoms with Gasteiger partial charge in [0.15, 0.2) is 0 Å². The van der Waals surface area contributed by atoms with Crippen molar-refractivity contribution in [3.05, 3.63) is 24.0 Å². The monoisotopic (exact) mass is 234 g/mol. The molecular weight excluding hydrogens is 216 g/mol. The van der Waals surface area contributed by atoms with Gasteiger partial charge in [0.25, 0.3) is 0 Å². The molecule has 0 aliphatic heterocycles. The SMILES string of the molecule is CCOC(=O)CN(c1ccncc1C)C1CC1. The van der Waals surface area contributed by atoms with Crippen LogP contribution in [-0.2, 0) is 9.53 Å². The molecule has 0 radical (unpaired) electrons. The first-order chi connectivity index (χ1) is 8.22. The van der Waals surface area contributed by atoms with Crippen LogP contribution in [0.2, 0.25) is 0 Å². The number of hydrogen-bond donors (Lipinski definition) is 0. The summed E-state index contributed by atoms with van der Waals surface area (Å²) < 4.78 is 5.02. The number of rotatable bonds is 5. The van der Waals surface area contributed by atoms with Gasteiger partial charge in [-0.2, -0.15) is 0 Å². The summed E-state index contributed by atoms with van der Waals surface area (Å²) in [6.07, 6.45) is 5.90. The first-order valence-corrected chi connectivity index (χ1v) is 6.05. The van der Waals surface area contributed by atoms with Gasteiger partial charge in [-0.3, -0.25) is 9.78 Å². The highest BCUT2D eigenvalue weighted by molar-refractivity contribution is 5.76. The van der Waals surface area contributed by atoms with Crippen molar-refractivity contribution in [1.82, 2.24) is 4.98 Å². The summed E-state index contributed by atoms with van der Waals surface area (Å²) in [6.45, 7) is 4.62. The van der Waals surface area contributed by atoms with Crippen molar-refractivity contribution >= 4 is 11.7 Å². The largest absolute Gasteiger partial charge is 0.465 e. The van der Waals surface area contributed by atoms with Gasteiger partial charge < -0.3 is 9.64 Å². The first-order valence-electron chi connectivity index (χ1n) is 6.05. The average Bonchev–Trinajstić information content (AvgIpc) is 3.11. The van der Waals surface area contributed by atoms with Crippen LogP contribution < -0.4 is 4.90 Å². The van der Waals surface area contributed by atoms with E-state index in [9.17, 15) is 4.79 Å². The maximum Gasteiger partial charge on any atom is 0.325 e. The topological polar surface area (TPSA) is 42.4 Å². The molecule has 0 aromatic carbocycles. The number of anilines is 1. The summed E-state index contributed by atoms with van der Waals surface area (Å²) in [5, 5.41) is 0. The summed E-state index contributed by atoms with van der Waals surface area (Å²) >= 11 is 0. The van der Waals surface area contributed by atoms with Crippen LogP contribution in [0.1, 0.15) is 25.3 Å². The lowest BCUT2D eigenvalue weighted by atomic mass is 10.2. The molecule has 1 aromatic heterocycles. The summed E-state index contributed by atoms with van der Waals surface area (Å²) in [5.74, 6) is -0.157. The highest BCUT2D eigenvalue weighted by Crippen LogP contribution is 2.32. The van der Waals surface area contributed by atoms with Crippen LogP contribution in [0.25, 0.3) is 0 Å². The number of carbonyl (C=O) groups is 1. The molecule has 0 unspecified atom stereocenters. The molecule has 1 aliphatic carbocycles. The molecule has 0 atom stereocenters. The minimum atomic E-state index is -0.157. The highest BCUT2D eigenvalue weighted by atomic mass is 16.5. The Morgan fingerprint density at radius 3 is 2.94 bits per heavy atom. The molecule has 17 heavy (non-hydrogen) atoms. The lowest BCUT2D eigenvalue weighted by Crippen LogP contribution is -2.33. The molecule has 92 valence electrons. The standard InChI is InChI=1S/C13H18N2O2/c1-3-17-13(16)9-15(11-4-5-11)12-6-7-14-8-10(12)2/h6-8,11H,3-5,9H2,1-2H3. The zero-order chi connectivity index (χ0) is 12.3. The molecule has 4 nitrogen and oxygen atoms in total. The third-order valence-corrected chi connectivity index (χ3v) is 2.89. The van der Waals surface area contributed by atoms with E-state index in [2.05, 4.69) is 9.88 Å². The quantitative estimate of drug-likeness (QED) is 0.730. The zero-order valence-electron chi connectivity index (χ0n) is 10.3. The molecule has 0 amide bonds. The average molecular weight is 234 g/mol. The number of nitrogens with zero attached hydrogens (tertiary/aromatic N) is 2. The predicted octanol–water partition coefficient (Wildman–Crippen LogP) is 1.92. The Bertz CT molecular complexity index is 402. The van der Waals surface area contributed by atoms with E-state index in [4.69, 9.17) is 4.74 Å². The van der Waals surface area contributed by atoms with Gasteiger partial charge in [-0.15, -0.1) is 0 Å². The van der Waals surface area contributed by atoms with Crippen molar-refractivity contribution < 1.29 is 9.53 Å². The minimum absolute atomic E-state index is 0.157. The van der Waals surface area contributed by atoms with Crippen molar-refractivity contribution in [3.63, 3.8) is 0 Å². The molecule has 1 saturated carbocycles. The molecule has 1 fully saturated rings. The molecule has 1 aromatic rings. The van der Waals surface area contributed by atoms with Gasteiger partial charge >= 0.3 is 5.97 Å². The number of carbonyl (C=O) groups excluding carboxylic acids is 1. The minimum Gasteiger partial charge on any atom is -0.465 e. The molecule has 2 rings (SSSR count).